The Morgan fingerprint density at radius 2 is 1.68 bits per heavy atom. The van der Waals surface area contributed by atoms with Gasteiger partial charge in [0.2, 0.25) is 5.82 Å². The van der Waals surface area contributed by atoms with Gasteiger partial charge in [-0.05, 0) is 29.8 Å². The lowest BCUT2D eigenvalue weighted by molar-refractivity contribution is 0.0692. The summed E-state index contributed by atoms with van der Waals surface area (Å²) in [6.45, 7) is 0. The van der Waals surface area contributed by atoms with Crippen LogP contribution in [0.3, 0.4) is 0 Å². The maximum absolute atomic E-state index is 13.6. The van der Waals surface area contributed by atoms with E-state index >= 15 is 0 Å². The molecule has 0 radical (unpaired) electrons. The Balaban J connectivity index is 2.58. The summed E-state index contributed by atoms with van der Waals surface area (Å²) in [6, 6.07) is 4.90. The van der Waals surface area contributed by atoms with Gasteiger partial charge in [0.25, 0.3) is 0 Å². The molecule has 0 aliphatic rings. The molecule has 0 amide bonds. The third-order valence-corrected chi connectivity index (χ3v) is 2.57. The number of carboxylic acid groups (broad SMARTS) is 1. The maximum Gasteiger partial charge on any atom is 0.338 e. The van der Waals surface area contributed by atoms with E-state index in [1.54, 1.807) is 0 Å². The number of aromatic carboxylic acids is 1. The van der Waals surface area contributed by atoms with Crippen molar-refractivity contribution in [3.05, 3.63) is 53.3 Å². The second-order valence-electron chi connectivity index (χ2n) is 3.76. The van der Waals surface area contributed by atoms with E-state index in [1.165, 1.54) is 0 Å². The van der Waals surface area contributed by atoms with Gasteiger partial charge in [0.1, 0.15) is 5.82 Å². The Kier molecular flexibility index (Phi) is 3.16. The zero-order chi connectivity index (χ0) is 14.2. The molecule has 0 spiro atoms. The maximum atomic E-state index is 13.6. The number of phenolic OH excluding ortho intramolecular Hbond substituents is 1. The fraction of sp³-hybridized carbons (Fsp3) is 0. The molecule has 2 N–H and O–H groups in total. The van der Waals surface area contributed by atoms with Crippen molar-refractivity contribution in [3.8, 4) is 16.9 Å². The highest BCUT2D eigenvalue weighted by molar-refractivity contribution is 5.88. The Morgan fingerprint density at radius 3 is 2.26 bits per heavy atom. The number of hydrogen-bond acceptors (Lipinski definition) is 2. The SMILES string of the molecule is O=C(O)c1ccc(-c2ccc(O)c(F)c2F)cc1F. The van der Waals surface area contributed by atoms with E-state index in [0.29, 0.717) is 0 Å². The highest BCUT2D eigenvalue weighted by atomic mass is 19.2. The second-order valence-corrected chi connectivity index (χ2v) is 3.76. The van der Waals surface area contributed by atoms with Crippen molar-refractivity contribution in [2.75, 3.05) is 0 Å². The summed E-state index contributed by atoms with van der Waals surface area (Å²) in [5, 5.41) is 17.6. The number of phenols is 1. The average Bonchev–Trinajstić information content (AvgIpc) is 2.35. The minimum absolute atomic E-state index is 0.0288. The van der Waals surface area contributed by atoms with Gasteiger partial charge >= 0.3 is 5.97 Å². The quantitative estimate of drug-likeness (QED) is 0.879. The number of benzene rings is 2. The Hall–Kier alpha value is -2.50. The lowest BCUT2D eigenvalue weighted by Gasteiger charge is -2.06. The van der Waals surface area contributed by atoms with Crippen LogP contribution in [0.2, 0.25) is 0 Å². The van der Waals surface area contributed by atoms with Gasteiger partial charge in [-0.1, -0.05) is 6.07 Å². The average molecular weight is 268 g/mol. The smallest absolute Gasteiger partial charge is 0.338 e. The van der Waals surface area contributed by atoms with Crippen LogP contribution >= 0.6 is 0 Å². The summed E-state index contributed by atoms with van der Waals surface area (Å²) in [6.07, 6.45) is 0. The molecule has 0 atom stereocenters. The molecule has 2 aromatic carbocycles. The highest BCUT2D eigenvalue weighted by Gasteiger charge is 2.16. The number of halogens is 3. The number of aromatic hydroxyl groups is 1. The molecular weight excluding hydrogens is 261 g/mol. The number of rotatable bonds is 2. The fourth-order valence-corrected chi connectivity index (χ4v) is 1.62. The van der Waals surface area contributed by atoms with Crippen molar-refractivity contribution < 1.29 is 28.2 Å². The van der Waals surface area contributed by atoms with Crippen molar-refractivity contribution in [3.63, 3.8) is 0 Å². The molecule has 2 aromatic rings. The minimum Gasteiger partial charge on any atom is -0.505 e. The molecule has 0 fully saturated rings. The molecular formula is C13H7F3O3. The van der Waals surface area contributed by atoms with Gasteiger partial charge in [-0.3, -0.25) is 0 Å². The van der Waals surface area contributed by atoms with E-state index in [0.717, 1.165) is 30.3 Å². The first-order chi connectivity index (χ1) is 8.91. The molecule has 0 bridgehead atoms. The molecule has 2 rings (SSSR count). The Bertz CT molecular complexity index is 668. The summed E-state index contributed by atoms with van der Waals surface area (Å²) in [4.78, 5) is 10.6. The molecule has 0 aliphatic heterocycles. The largest absolute Gasteiger partial charge is 0.505 e. The first-order valence-corrected chi connectivity index (χ1v) is 5.12. The normalized spacial score (nSPS) is 10.5. The number of carbonyl (C=O) groups is 1. The molecule has 19 heavy (non-hydrogen) atoms. The molecule has 0 aliphatic carbocycles. The zero-order valence-corrected chi connectivity index (χ0v) is 9.32. The van der Waals surface area contributed by atoms with E-state index in [9.17, 15) is 18.0 Å². The first-order valence-electron chi connectivity index (χ1n) is 5.12. The molecule has 0 heterocycles. The van der Waals surface area contributed by atoms with Crippen LogP contribution in [0, 0.1) is 17.5 Å². The Labute approximate surface area is 105 Å². The van der Waals surface area contributed by atoms with Crippen LogP contribution in [0.15, 0.2) is 30.3 Å². The van der Waals surface area contributed by atoms with E-state index in [1.807, 2.05) is 0 Å². The molecule has 0 saturated carbocycles. The fourth-order valence-electron chi connectivity index (χ4n) is 1.62. The minimum atomic E-state index is -1.46. The van der Waals surface area contributed by atoms with Crippen molar-refractivity contribution >= 4 is 5.97 Å². The van der Waals surface area contributed by atoms with Gasteiger partial charge in [0.15, 0.2) is 11.6 Å². The lowest BCUT2D eigenvalue weighted by atomic mass is 10.0. The van der Waals surface area contributed by atoms with Crippen LogP contribution in [-0.2, 0) is 0 Å². The highest BCUT2D eigenvalue weighted by Crippen LogP contribution is 2.30. The van der Waals surface area contributed by atoms with E-state index in [4.69, 9.17) is 10.2 Å². The molecule has 0 saturated heterocycles. The van der Waals surface area contributed by atoms with Crippen LogP contribution in [0.1, 0.15) is 10.4 Å². The molecule has 3 nitrogen and oxygen atoms in total. The summed E-state index contributed by atoms with van der Waals surface area (Å²) < 4.78 is 40.2. The number of carboxylic acids is 1. The zero-order valence-electron chi connectivity index (χ0n) is 9.32. The van der Waals surface area contributed by atoms with E-state index < -0.39 is 34.7 Å². The molecule has 0 unspecified atom stereocenters. The van der Waals surface area contributed by atoms with E-state index in [-0.39, 0.29) is 11.1 Å². The molecule has 6 heteroatoms. The van der Waals surface area contributed by atoms with Crippen molar-refractivity contribution in [2.24, 2.45) is 0 Å². The summed E-state index contributed by atoms with van der Waals surface area (Å²) in [7, 11) is 0. The summed E-state index contributed by atoms with van der Waals surface area (Å²) in [5.74, 6) is -6.15. The third-order valence-electron chi connectivity index (χ3n) is 2.57. The predicted octanol–water partition coefficient (Wildman–Crippen LogP) is 3.17. The molecule has 0 aromatic heterocycles. The van der Waals surface area contributed by atoms with Gasteiger partial charge in [-0.15, -0.1) is 0 Å². The van der Waals surface area contributed by atoms with Gasteiger partial charge < -0.3 is 10.2 Å². The van der Waals surface area contributed by atoms with E-state index in [2.05, 4.69) is 0 Å². The van der Waals surface area contributed by atoms with Crippen LogP contribution in [0.25, 0.3) is 11.1 Å². The first kappa shape index (κ1) is 12.9. The van der Waals surface area contributed by atoms with Crippen LogP contribution in [0.4, 0.5) is 13.2 Å². The number of hydrogen-bond donors (Lipinski definition) is 2. The monoisotopic (exact) mass is 268 g/mol. The lowest BCUT2D eigenvalue weighted by Crippen LogP contribution is -2.00. The second kappa shape index (κ2) is 4.64. The van der Waals surface area contributed by atoms with Crippen LogP contribution in [0.5, 0.6) is 5.75 Å². The predicted molar refractivity (Wildman–Crippen MR) is 60.4 cm³/mol. The van der Waals surface area contributed by atoms with Crippen molar-refractivity contribution in [1.29, 1.82) is 0 Å². The standard InChI is InChI=1S/C13H7F3O3/c14-9-5-6(1-2-8(9)13(18)19)7-3-4-10(17)12(16)11(7)15/h1-5,17H,(H,18,19). The van der Waals surface area contributed by atoms with Gasteiger partial charge in [0.05, 0.1) is 5.56 Å². The Morgan fingerprint density at radius 1 is 1.00 bits per heavy atom. The summed E-state index contributed by atoms with van der Waals surface area (Å²) in [5.41, 5.74) is -0.867. The van der Waals surface area contributed by atoms with Crippen LogP contribution < -0.4 is 0 Å². The van der Waals surface area contributed by atoms with Crippen molar-refractivity contribution in [1.82, 2.24) is 0 Å². The van der Waals surface area contributed by atoms with Crippen molar-refractivity contribution in [2.45, 2.75) is 0 Å². The topological polar surface area (TPSA) is 57.5 Å². The molecule has 98 valence electrons. The van der Waals surface area contributed by atoms with Gasteiger partial charge in [-0.2, -0.15) is 4.39 Å². The van der Waals surface area contributed by atoms with Gasteiger partial charge in [-0.25, -0.2) is 13.6 Å². The van der Waals surface area contributed by atoms with Gasteiger partial charge in [0, 0.05) is 5.56 Å². The van der Waals surface area contributed by atoms with Crippen LogP contribution in [-0.4, -0.2) is 16.2 Å². The summed E-state index contributed by atoms with van der Waals surface area (Å²) >= 11 is 0. The third kappa shape index (κ3) is 2.24.